The number of hydrogen-bond acceptors (Lipinski definition) is 5. The predicted octanol–water partition coefficient (Wildman–Crippen LogP) is 1.55. The molecule has 25 heavy (non-hydrogen) atoms. The van der Waals surface area contributed by atoms with E-state index in [1.165, 1.54) is 19.3 Å². The van der Waals surface area contributed by atoms with Gasteiger partial charge in [-0.05, 0) is 24.9 Å². The van der Waals surface area contributed by atoms with Crippen LogP contribution in [0, 0.1) is 6.92 Å². The molecule has 2 aliphatic rings. The Morgan fingerprint density at radius 1 is 1.20 bits per heavy atom. The van der Waals surface area contributed by atoms with Gasteiger partial charge >= 0.3 is 6.03 Å². The molecular formula is C17H26N4O4. The Labute approximate surface area is 147 Å². The first-order valence-corrected chi connectivity index (χ1v) is 9.01. The number of piperazine rings is 1. The van der Waals surface area contributed by atoms with Crippen molar-refractivity contribution < 1.29 is 18.8 Å². The second-order valence-electron chi connectivity index (χ2n) is 6.72. The van der Waals surface area contributed by atoms with E-state index in [9.17, 15) is 9.59 Å². The van der Waals surface area contributed by atoms with E-state index in [4.69, 9.17) is 9.26 Å². The van der Waals surface area contributed by atoms with Crippen LogP contribution in [-0.2, 0) is 4.79 Å². The summed E-state index contributed by atoms with van der Waals surface area (Å²) in [5, 5.41) is 6.82. The fourth-order valence-corrected chi connectivity index (χ4v) is 3.31. The molecule has 0 unspecified atom stereocenters. The van der Waals surface area contributed by atoms with E-state index < -0.39 is 0 Å². The van der Waals surface area contributed by atoms with Crippen molar-refractivity contribution in [3.63, 3.8) is 0 Å². The van der Waals surface area contributed by atoms with E-state index in [0.717, 1.165) is 12.8 Å². The maximum atomic E-state index is 12.3. The zero-order valence-corrected chi connectivity index (χ0v) is 14.7. The van der Waals surface area contributed by atoms with Gasteiger partial charge < -0.3 is 24.4 Å². The number of aryl methyl sites for hydroxylation is 1. The Bertz CT molecular complexity index is 589. The lowest BCUT2D eigenvalue weighted by atomic mass is 9.96. The topological polar surface area (TPSA) is 87.9 Å². The molecule has 3 rings (SSSR count). The lowest BCUT2D eigenvalue weighted by Gasteiger charge is -2.35. The van der Waals surface area contributed by atoms with E-state index in [-0.39, 0.29) is 18.5 Å². The third-order valence-corrected chi connectivity index (χ3v) is 4.80. The maximum Gasteiger partial charge on any atom is 0.317 e. The van der Waals surface area contributed by atoms with Crippen LogP contribution in [0.5, 0.6) is 5.88 Å². The van der Waals surface area contributed by atoms with Crippen molar-refractivity contribution in [2.45, 2.75) is 45.1 Å². The molecule has 1 aromatic heterocycles. The second-order valence-corrected chi connectivity index (χ2v) is 6.72. The summed E-state index contributed by atoms with van der Waals surface area (Å²) in [6.07, 6.45) is 5.80. The molecule has 1 aliphatic heterocycles. The minimum absolute atomic E-state index is 0.00618. The van der Waals surface area contributed by atoms with Gasteiger partial charge in [-0.2, -0.15) is 0 Å². The van der Waals surface area contributed by atoms with Gasteiger partial charge in [-0.3, -0.25) is 4.79 Å². The highest BCUT2D eigenvalue weighted by Crippen LogP contribution is 2.18. The van der Waals surface area contributed by atoms with E-state index in [1.54, 1.807) is 22.8 Å². The molecule has 8 nitrogen and oxygen atoms in total. The second kappa shape index (κ2) is 8.22. The molecule has 0 radical (unpaired) electrons. The number of nitrogens with one attached hydrogen (secondary N) is 1. The molecule has 2 heterocycles. The third-order valence-electron chi connectivity index (χ3n) is 4.80. The number of carbonyl (C=O) groups excluding carboxylic acids is 2. The Hall–Kier alpha value is -2.25. The van der Waals surface area contributed by atoms with Crippen molar-refractivity contribution in [3.8, 4) is 5.88 Å². The van der Waals surface area contributed by atoms with Gasteiger partial charge in [0.1, 0.15) is 5.76 Å². The van der Waals surface area contributed by atoms with Gasteiger partial charge in [-0.15, -0.1) is 0 Å². The number of carbonyl (C=O) groups is 2. The van der Waals surface area contributed by atoms with E-state index >= 15 is 0 Å². The lowest BCUT2D eigenvalue weighted by Crippen LogP contribution is -2.55. The van der Waals surface area contributed by atoms with Crippen LogP contribution in [0.2, 0.25) is 0 Å². The molecular weight excluding hydrogens is 324 g/mol. The molecule has 8 heteroatoms. The van der Waals surface area contributed by atoms with Crippen LogP contribution in [0.1, 0.15) is 37.9 Å². The summed E-state index contributed by atoms with van der Waals surface area (Å²) in [6.45, 7) is 3.84. The van der Waals surface area contributed by atoms with Crippen LogP contribution in [0.3, 0.4) is 0 Å². The fraction of sp³-hybridized carbons (Fsp3) is 0.706. The number of urea groups is 1. The van der Waals surface area contributed by atoms with E-state index in [0.29, 0.717) is 43.9 Å². The lowest BCUT2D eigenvalue weighted by molar-refractivity contribution is -0.134. The van der Waals surface area contributed by atoms with Crippen molar-refractivity contribution in [1.82, 2.24) is 20.3 Å². The highest BCUT2D eigenvalue weighted by molar-refractivity contribution is 5.79. The van der Waals surface area contributed by atoms with E-state index in [1.807, 2.05) is 0 Å². The van der Waals surface area contributed by atoms with Gasteiger partial charge in [0.2, 0.25) is 0 Å². The number of hydrogen-bond donors (Lipinski definition) is 1. The molecule has 2 fully saturated rings. The number of aromatic nitrogens is 1. The van der Waals surface area contributed by atoms with Crippen molar-refractivity contribution >= 4 is 11.9 Å². The van der Waals surface area contributed by atoms with Crippen LogP contribution in [-0.4, -0.2) is 65.7 Å². The Morgan fingerprint density at radius 3 is 2.52 bits per heavy atom. The summed E-state index contributed by atoms with van der Waals surface area (Å²) in [5.74, 6) is 0.851. The first kappa shape index (κ1) is 17.6. The number of ether oxygens (including phenoxy) is 1. The number of amides is 3. The van der Waals surface area contributed by atoms with Gasteiger partial charge in [0.25, 0.3) is 11.8 Å². The fourth-order valence-electron chi connectivity index (χ4n) is 3.31. The first-order valence-electron chi connectivity index (χ1n) is 9.01. The van der Waals surface area contributed by atoms with Crippen LogP contribution in [0.25, 0.3) is 0 Å². The molecule has 0 spiro atoms. The van der Waals surface area contributed by atoms with Gasteiger partial charge in [0.05, 0.1) is 0 Å². The minimum atomic E-state index is -0.104. The highest BCUT2D eigenvalue weighted by Gasteiger charge is 2.26. The molecule has 1 aromatic rings. The summed E-state index contributed by atoms with van der Waals surface area (Å²) < 4.78 is 10.2. The zero-order valence-electron chi connectivity index (χ0n) is 14.7. The van der Waals surface area contributed by atoms with Crippen LogP contribution in [0.15, 0.2) is 10.6 Å². The Morgan fingerprint density at radius 2 is 1.88 bits per heavy atom. The average molecular weight is 350 g/mol. The average Bonchev–Trinajstić information content (AvgIpc) is 3.06. The van der Waals surface area contributed by atoms with Gasteiger partial charge in [0, 0.05) is 38.3 Å². The molecule has 0 aromatic carbocycles. The molecule has 0 atom stereocenters. The first-order chi connectivity index (χ1) is 12.1. The van der Waals surface area contributed by atoms with Crippen molar-refractivity contribution in [3.05, 3.63) is 11.8 Å². The number of rotatable bonds is 4. The van der Waals surface area contributed by atoms with Crippen molar-refractivity contribution in [2.75, 3.05) is 32.8 Å². The van der Waals surface area contributed by atoms with Crippen LogP contribution < -0.4 is 10.1 Å². The Balaban J connectivity index is 1.38. The maximum absolute atomic E-state index is 12.3. The molecule has 1 saturated carbocycles. The van der Waals surface area contributed by atoms with Crippen molar-refractivity contribution in [1.29, 1.82) is 0 Å². The van der Waals surface area contributed by atoms with Gasteiger partial charge in [-0.25, -0.2) is 4.79 Å². The molecule has 1 aliphatic carbocycles. The van der Waals surface area contributed by atoms with Crippen molar-refractivity contribution in [2.24, 2.45) is 0 Å². The third kappa shape index (κ3) is 4.87. The summed E-state index contributed by atoms with van der Waals surface area (Å²) >= 11 is 0. The number of nitrogens with zero attached hydrogens (tertiary/aromatic N) is 3. The summed E-state index contributed by atoms with van der Waals surface area (Å²) in [7, 11) is 0. The van der Waals surface area contributed by atoms with Gasteiger partial charge in [0.15, 0.2) is 6.61 Å². The van der Waals surface area contributed by atoms with Crippen LogP contribution >= 0.6 is 0 Å². The normalized spacial score (nSPS) is 18.9. The molecule has 1 saturated heterocycles. The molecule has 1 N–H and O–H groups in total. The smallest absolute Gasteiger partial charge is 0.317 e. The monoisotopic (exact) mass is 350 g/mol. The molecule has 3 amide bonds. The predicted molar refractivity (Wildman–Crippen MR) is 90.3 cm³/mol. The summed E-state index contributed by atoms with van der Waals surface area (Å²) in [6, 6.07) is 1.94. The molecule has 138 valence electrons. The zero-order chi connectivity index (χ0) is 17.6. The van der Waals surface area contributed by atoms with E-state index in [2.05, 4.69) is 10.5 Å². The highest BCUT2D eigenvalue weighted by atomic mass is 16.5. The summed E-state index contributed by atoms with van der Waals surface area (Å²) in [4.78, 5) is 28.0. The SMILES string of the molecule is Cc1cc(OCC(=O)N2CCN(C(=O)NC3CCCCC3)CC2)no1. The van der Waals surface area contributed by atoms with Crippen LogP contribution in [0.4, 0.5) is 4.79 Å². The Kier molecular flexibility index (Phi) is 5.78. The standard InChI is InChI=1S/C17H26N4O4/c1-13-11-15(19-25-13)24-12-16(22)20-7-9-21(10-8-20)17(23)18-14-5-3-2-4-6-14/h11,14H,2-10,12H2,1H3,(H,18,23). The summed E-state index contributed by atoms with van der Waals surface area (Å²) in [5.41, 5.74) is 0. The minimum Gasteiger partial charge on any atom is -0.465 e. The largest absolute Gasteiger partial charge is 0.465 e. The quantitative estimate of drug-likeness (QED) is 0.890. The van der Waals surface area contributed by atoms with Gasteiger partial charge in [-0.1, -0.05) is 19.3 Å². The molecule has 0 bridgehead atoms.